The van der Waals surface area contributed by atoms with Crippen molar-refractivity contribution in [1.29, 1.82) is 0 Å². The number of carbonyl (C=O) groups excluding carboxylic acids is 2. The van der Waals surface area contributed by atoms with Crippen molar-refractivity contribution in [2.45, 2.75) is 20.5 Å². The van der Waals surface area contributed by atoms with E-state index in [-0.39, 0.29) is 11.5 Å². The van der Waals surface area contributed by atoms with Crippen LogP contribution in [0.25, 0.3) is 11.8 Å². The maximum absolute atomic E-state index is 12.7. The molecule has 6 nitrogen and oxygen atoms in total. The van der Waals surface area contributed by atoms with Crippen molar-refractivity contribution < 1.29 is 32.6 Å². The van der Waals surface area contributed by atoms with Gasteiger partial charge in [0.15, 0.2) is 6.61 Å². The zero-order valence-electron chi connectivity index (χ0n) is 18.4. The van der Waals surface area contributed by atoms with E-state index in [2.05, 4.69) is 4.74 Å². The lowest BCUT2D eigenvalue weighted by Gasteiger charge is -2.11. The van der Waals surface area contributed by atoms with Gasteiger partial charge < -0.3 is 18.8 Å². The first-order valence-electron chi connectivity index (χ1n) is 10.1. The van der Waals surface area contributed by atoms with Crippen LogP contribution in [0.5, 0.6) is 11.5 Å². The summed E-state index contributed by atoms with van der Waals surface area (Å²) in [6, 6.07) is 15.0. The Labute approximate surface area is 190 Å². The topological polar surface area (TPSA) is 66.8 Å². The van der Waals surface area contributed by atoms with Gasteiger partial charge in [0.05, 0.1) is 7.11 Å². The van der Waals surface area contributed by atoms with E-state index in [0.717, 1.165) is 5.69 Å². The van der Waals surface area contributed by atoms with Gasteiger partial charge >= 0.3 is 12.6 Å². The first-order chi connectivity index (χ1) is 15.8. The van der Waals surface area contributed by atoms with Crippen molar-refractivity contribution in [3.05, 3.63) is 83.2 Å². The minimum absolute atomic E-state index is 0.0422. The largest absolute Gasteiger partial charge is 0.496 e. The maximum Gasteiger partial charge on any atom is 0.387 e. The molecule has 0 spiro atoms. The number of halogens is 2. The van der Waals surface area contributed by atoms with E-state index in [1.165, 1.54) is 25.3 Å². The number of hydrogen-bond acceptors (Lipinski definition) is 5. The molecule has 172 valence electrons. The summed E-state index contributed by atoms with van der Waals surface area (Å²) in [5.41, 5.74) is 3.20. The number of aryl methyl sites for hydroxylation is 1. The summed E-state index contributed by atoms with van der Waals surface area (Å²) in [5, 5.41) is 0. The third-order valence-electron chi connectivity index (χ3n) is 4.94. The fourth-order valence-electron chi connectivity index (χ4n) is 3.44. The number of methoxy groups -OCH3 is 1. The predicted octanol–water partition coefficient (Wildman–Crippen LogP) is 5.14. The molecule has 0 saturated carbocycles. The van der Waals surface area contributed by atoms with Crippen LogP contribution in [0.3, 0.4) is 0 Å². The Morgan fingerprint density at radius 1 is 1.06 bits per heavy atom. The second kappa shape index (κ2) is 10.6. The second-order valence-electron chi connectivity index (χ2n) is 7.10. The van der Waals surface area contributed by atoms with Crippen LogP contribution < -0.4 is 9.47 Å². The second-order valence-corrected chi connectivity index (χ2v) is 7.10. The third kappa shape index (κ3) is 5.85. The molecule has 0 aliphatic carbocycles. The van der Waals surface area contributed by atoms with E-state index in [1.54, 1.807) is 43.3 Å². The Kier molecular flexibility index (Phi) is 7.61. The maximum atomic E-state index is 12.7. The summed E-state index contributed by atoms with van der Waals surface area (Å²) < 4.78 is 41.2. The van der Waals surface area contributed by atoms with Crippen molar-refractivity contribution in [2.24, 2.45) is 0 Å². The van der Waals surface area contributed by atoms with Crippen molar-refractivity contribution in [3.8, 4) is 17.2 Å². The van der Waals surface area contributed by atoms with Gasteiger partial charge in [-0.3, -0.25) is 4.79 Å². The highest BCUT2D eigenvalue weighted by Gasteiger charge is 2.18. The van der Waals surface area contributed by atoms with Crippen LogP contribution in [0.1, 0.15) is 27.3 Å². The van der Waals surface area contributed by atoms with Crippen LogP contribution in [0.4, 0.5) is 8.78 Å². The Balaban J connectivity index is 1.67. The fourth-order valence-corrected chi connectivity index (χ4v) is 3.44. The minimum atomic E-state index is -2.90. The van der Waals surface area contributed by atoms with Gasteiger partial charge in [-0.05, 0) is 56.3 Å². The SMILES string of the molecule is COc1ccccc1C=CC(=O)OCC(=O)c1cc(C)n(-c2ccc(OC(F)F)cc2)c1C. The standard InChI is InChI=1S/C25H23F2NO5/c1-16-14-21(17(2)28(16)19-9-11-20(12-10-19)33-25(26)27)22(29)15-32-24(30)13-8-18-6-4-5-7-23(18)31-3/h4-14,25H,15H2,1-3H3. The number of nitrogens with zero attached hydrogens (tertiary/aromatic N) is 1. The van der Waals surface area contributed by atoms with Gasteiger partial charge in [-0.15, -0.1) is 0 Å². The first kappa shape index (κ1) is 23.7. The van der Waals surface area contributed by atoms with Gasteiger partial charge in [0.2, 0.25) is 5.78 Å². The molecule has 0 amide bonds. The highest BCUT2D eigenvalue weighted by atomic mass is 19.3. The number of ketones is 1. The molecular weight excluding hydrogens is 432 g/mol. The summed E-state index contributed by atoms with van der Waals surface area (Å²) in [7, 11) is 1.53. The number of rotatable bonds is 9. The molecule has 1 aromatic heterocycles. The quantitative estimate of drug-likeness (QED) is 0.254. The van der Waals surface area contributed by atoms with Crippen LogP contribution in [0.2, 0.25) is 0 Å². The van der Waals surface area contributed by atoms with E-state index in [0.29, 0.717) is 28.3 Å². The number of Topliss-reactive ketones (excluding diaryl/α,β-unsaturated/α-hetero) is 1. The summed E-state index contributed by atoms with van der Waals surface area (Å²) in [6.07, 6.45) is 2.79. The normalized spacial score (nSPS) is 11.1. The first-order valence-corrected chi connectivity index (χ1v) is 10.1. The zero-order chi connectivity index (χ0) is 24.0. The average Bonchev–Trinajstić information content (AvgIpc) is 3.10. The van der Waals surface area contributed by atoms with Gasteiger partial charge in [-0.25, -0.2) is 4.79 Å². The molecule has 2 aromatic carbocycles. The van der Waals surface area contributed by atoms with E-state index in [1.807, 2.05) is 23.6 Å². The van der Waals surface area contributed by atoms with Crippen molar-refractivity contribution in [1.82, 2.24) is 4.57 Å². The smallest absolute Gasteiger partial charge is 0.387 e. The molecule has 0 fully saturated rings. The number of carbonyl (C=O) groups is 2. The van der Waals surface area contributed by atoms with Crippen molar-refractivity contribution in [2.75, 3.05) is 13.7 Å². The summed E-state index contributed by atoms with van der Waals surface area (Å²) >= 11 is 0. The van der Waals surface area contributed by atoms with E-state index in [9.17, 15) is 18.4 Å². The highest BCUT2D eigenvalue weighted by Crippen LogP contribution is 2.24. The van der Waals surface area contributed by atoms with Gasteiger partial charge in [-0.1, -0.05) is 18.2 Å². The lowest BCUT2D eigenvalue weighted by Crippen LogP contribution is -2.13. The van der Waals surface area contributed by atoms with E-state index >= 15 is 0 Å². The monoisotopic (exact) mass is 455 g/mol. The number of alkyl halides is 2. The molecule has 0 N–H and O–H groups in total. The number of para-hydroxylation sites is 1. The summed E-state index contributed by atoms with van der Waals surface area (Å²) in [6.45, 7) is 0.255. The molecule has 0 bridgehead atoms. The third-order valence-corrected chi connectivity index (χ3v) is 4.94. The van der Waals surface area contributed by atoms with Crippen molar-refractivity contribution in [3.63, 3.8) is 0 Å². The molecule has 0 aliphatic heterocycles. The van der Waals surface area contributed by atoms with Crippen molar-refractivity contribution >= 4 is 17.8 Å². The van der Waals surface area contributed by atoms with Crippen LogP contribution in [-0.4, -0.2) is 36.6 Å². The van der Waals surface area contributed by atoms with Gasteiger partial charge in [0.1, 0.15) is 11.5 Å². The molecule has 8 heteroatoms. The molecule has 0 saturated heterocycles. The summed E-state index contributed by atoms with van der Waals surface area (Å²) in [4.78, 5) is 24.7. The Hall–Kier alpha value is -3.94. The number of ether oxygens (including phenoxy) is 3. The van der Waals surface area contributed by atoms with Gasteiger partial charge in [-0.2, -0.15) is 8.78 Å². The fraction of sp³-hybridized carbons (Fsp3) is 0.200. The minimum Gasteiger partial charge on any atom is -0.496 e. The molecule has 0 atom stereocenters. The number of benzene rings is 2. The van der Waals surface area contributed by atoms with Crippen LogP contribution in [0.15, 0.2) is 60.7 Å². The molecule has 0 unspecified atom stereocenters. The van der Waals surface area contributed by atoms with E-state index in [4.69, 9.17) is 9.47 Å². The summed E-state index contributed by atoms with van der Waals surface area (Å²) in [5.74, 6) is -0.358. The van der Waals surface area contributed by atoms with Crippen LogP contribution in [0, 0.1) is 13.8 Å². The van der Waals surface area contributed by atoms with Gasteiger partial charge in [0, 0.05) is 34.3 Å². The molecule has 3 rings (SSSR count). The molecule has 3 aromatic rings. The van der Waals surface area contributed by atoms with Gasteiger partial charge in [0.25, 0.3) is 0 Å². The Morgan fingerprint density at radius 3 is 2.42 bits per heavy atom. The highest BCUT2D eigenvalue weighted by molar-refractivity contribution is 6.00. The number of hydrogen-bond donors (Lipinski definition) is 0. The predicted molar refractivity (Wildman–Crippen MR) is 119 cm³/mol. The molecule has 33 heavy (non-hydrogen) atoms. The molecule has 0 radical (unpaired) electrons. The number of esters is 1. The lowest BCUT2D eigenvalue weighted by molar-refractivity contribution is -0.136. The van der Waals surface area contributed by atoms with Crippen LogP contribution >= 0.6 is 0 Å². The lowest BCUT2D eigenvalue weighted by atomic mass is 10.1. The van der Waals surface area contributed by atoms with Crippen LogP contribution in [-0.2, 0) is 9.53 Å². The Morgan fingerprint density at radius 2 is 1.76 bits per heavy atom. The zero-order valence-corrected chi connectivity index (χ0v) is 18.4. The molecule has 0 aliphatic rings. The number of aromatic nitrogens is 1. The average molecular weight is 455 g/mol. The molecule has 1 heterocycles. The molecular formula is C25H23F2NO5. The Bertz CT molecular complexity index is 1170. The van der Waals surface area contributed by atoms with E-state index < -0.39 is 19.2 Å².